The second-order valence-corrected chi connectivity index (χ2v) is 8.16. The largest absolute Gasteiger partial charge is 0.496 e. The van der Waals surface area contributed by atoms with E-state index in [0.29, 0.717) is 11.3 Å². The molecule has 0 heterocycles. The van der Waals surface area contributed by atoms with E-state index >= 15 is 0 Å². The van der Waals surface area contributed by atoms with Gasteiger partial charge in [0.2, 0.25) is 0 Å². The third kappa shape index (κ3) is 6.64. The molecule has 0 unspecified atom stereocenters. The van der Waals surface area contributed by atoms with Crippen LogP contribution in [0.3, 0.4) is 0 Å². The number of benzene rings is 1. The number of nitriles is 1. The van der Waals surface area contributed by atoms with E-state index in [-0.39, 0.29) is 24.6 Å². The molecule has 1 N–H and O–H groups in total. The van der Waals surface area contributed by atoms with Crippen LogP contribution in [0, 0.1) is 11.3 Å². The summed E-state index contributed by atoms with van der Waals surface area (Å²) < 4.78 is 11.3. The predicted octanol–water partition coefficient (Wildman–Crippen LogP) is 4.06. The summed E-state index contributed by atoms with van der Waals surface area (Å²) in [5, 5.41) is 18.7. The first-order chi connectivity index (χ1) is 14.5. The number of hydrogen-bond acceptors (Lipinski definition) is 6. The van der Waals surface area contributed by atoms with E-state index in [9.17, 15) is 14.7 Å². The Morgan fingerprint density at radius 1 is 1.32 bits per heavy atom. The van der Waals surface area contributed by atoms with Gasteiger partial charge in [0.25, 0.3) is 0 Å². The van der Waals surface area contributed by atoms with E-state index in [1.807, 2.05) is 18.2 Å². The highest BCUT2D eigenvalue weighted by atomic mass is 32.1. The normalized spacial score (nSPS) is 12.1. The quantitative estimate of drug-likeness (QED) is 0.390. The number of para-hydroxylation sites is 1. The zero-order valence-electron chi connectivity index (χ0n) is 18.7. The van der Waals surface area contributed by atoms with Crippen LogP contribution in [0.1, 0.15) is 45.8 Å². The van der Waals surface area contributed by atoms with Crippen molar-refractivity contribution in [1.29, 1.82) is 5.26 Å². The van der Waals surface area contributed by atoms with Crippen molar-refractivity contribution in [2.24, 2.45) is 0 Å². The number of thiol groups is 1. The summed E-state index contributed by atoms with van der Waals surface area (Å²) in [4.78, 5) is 27.9. The smallest absolute Gasteiger partial charge is 0.329 e. The van der Waals surface area contributed by atoms with Crippen LogP contribution in [0.5, 0.6) is 5.75 Å². The standard InChI is InChI=1S/C22H31N3O5S/c1-15(2)25(22(4,5)20(26)27)21(28)24(16(3)31)14-19(30-13-9-12-23)17-10-7-8-11-18(17)29-6/h7-8,10-11,15,19,31H,3,9,13-14H2,1-2,4-6H3,(H,26,27)/t19-/m0/s1. The van der Waals surface area contributed by atoms with Gasteiger partial charge in [0.05, 0.1) is 37.8 Å². The average Bonchev–Trinajstić information content (AvgIpc) is 2.69. The number of carboxylic acid groups (broad SMARTS) is 1. The van der Waals surface area contributed by atoms with Gasteiger partial charge in [-0.05, 0) is 33.8 Å². The number of amides is 2. The second kappa shape index (κ2) is 11.6. The molecular formula is C22H31N3O5S. The van der Waals surface area contributed by atoms with Crippen LogP contribution in [-0.2, 0) is 9.53 Å². The molecule has 2 amide bonds. The molecule has 1 aromatic carbocycles. The van der Waals surface area contributed by atoms with Gasteiger partial charge >= 0.3 is 12.0 Å². The Hall–Kier alpha value is -2.70. The van der Waals surface area contributed by atoms with E-state index in [1.165, 1.54) is 30.8 Å². The van der Waals surface area contributed by atoms with Crippen molar-refractivity contribution in [2.75, 3.05) is 20.3 Å². The number of hydrogen-bond donors (Lipinski definition) is 2. The fourth-order valence-corrected chi connectivity index (χ4v) is 3.39. The summed E-state index contributed by atoms with van der Waals surface area (Å²) in [6.45, 7) is 10.4. The zero-order valence-corrected chi connectivity index (χ0v) is 19.6. The molecule has 0 aliphatic heterocycles. The SMILES string of the molecule is C=C(S)N(C[C@H](OCCC#N)c1ccccc1OC)C(=O)N(C(C)C)C(C)(C)C(=O)O. The van der Waals surface area contributed by atoms with Gasteiger partial charge in [-0.2, -0.15) is 5.26 Å². The molecule has 1 rings (SSSR count). The van der Waals surface area contributed by atoms with Gasteiger partial charge in [-0.15, -0.1) is 12.6 Å². The molecule has 0 bridgehead atoms. The monoisotopic (exact) mass is 449 g/mol. The Kier molecular flexibility index (Phi) is 9.88. The summed E-state index contributed by atoms with van der Waals surface area (Å²) in [6, 6.07) is 8.26. The van der Waals surface area contributed by atoms with Crippen molar-refractivity contribution in [3.05, 3.63) is 41.4 Å². The Balaban J connectivity index is 3.37. The van der Waals surface area contributed by atoms with Crippen LogP contribution in [0.2, 0.25) is 0 Å². The summed E-state index contributed by atoms with van der Waals surface area (Å²) in [7, 11) is 1.53. The fraction of sp³-hybridized carbons (Fsp3) is 0.500. The molecule has 9 heteroatoms. The molecule has 1 atom stereocenters. The number of ether oxygens (including phenoxy) is 2. The number of aliphatic carboxylic acids is 1. The van der Waals surface area contributed by atoms with Crippen LogP contribution in [0.4, 0.5) is 4.79 Å². The van der Waals surface area contributed by atoms with Crippen LogP contribution in [0.25, 0.3) is 0 Å². The first kappa shape index (κ1) is 26.3. The molecule has 31 heavy (non-hydrogen) atoms. The number of methoxy groups -OCH3 is 1. The number of carboxylic acids is 1. The van der Waals surface area contributed by atoms with Gasteiger partial charge in [-0.25, -0.2) is 9.59 Å². The van der Waals surface area contributed by atoms with Crippen molar-refractivity contribution < 1.29 is 24.2 Å². The Morgan fingerprint density at radius 2 is 1.94 bits per heavy atom. The van der Waals surface area contributed by atoms with Crippen LogP contribution >= 0.6 is 12.6 Å². The Morgan fingerprint density at radius 3 is 2.42 bits per heavy atom. The lowest BCUT2D eigenvalue weighted by molar-refractivity contribution is -0.148. The molecule has 1 aromatic rings. The lowest BCUT2D eigenvalue weighted by Crippen LogP contribution is -2.59. The van der Waals surface area contributed by atoms with Crippen LogP contribution in [0.15, 0.2) is 35.9 Å². The second-order valence-electron chi connectivity index (χ2n) is 7.65. The van der Waals surface area contributed by atoms with E-state index < -0.39 is 29.7 Å². The van der Waals surface area contributed by atoms with Gasteiger partial charge in [-0.3, -0.25) is 4.90 Å². The third-order valence-electron chi connectivity index (χ3n) is 4.76. The van der Waals surface area contributed by atoms with Crippen LogP contribution in [-0.4, -0.2) is 58.7 Å². The maximum absolute atomic E-state index is 13.5. The van der Waals surface area contributed by atoms with E-state index in [4.69, 9.17) is 14.7 Å². The molecule has 0 aromatic heterocycles. The number of urea groups is 1. The lowest BCUT2D eigenvalue weighted by Gasteiger charge is -2.42. The van der Waals surface area contributed by atoms with E-state index in [2.05, 4.69) is 19.2 Å². The van der Waals surface area contributed by atoms with Gasteiger partial charge in [0.1, 0.15) is 17.4 Å². The minimum atomic E-state index is -1.46. The van der Waals surface area contributed by atoms with Gasteiger partial charge < -0.3 is 19.5 Å². The molecule has 0 aliphatic carbocycles. The molecule has 0 saturated heterocycles. The van der Waals surface area contributed by atoms with Gasteiger partial charge in [-0.1, -0.05) is 24.8 Å². The molecule has 0 radical (unpaired) electrons. The highest BCUT2D eigenvalue weighted by Gasteiger charge is 2.42. The van der Waals surface area contributed by atoms with Crippen molar-refractivity contribution in [1.82, 2.24) is 9.80 Å². The van der Waals surface area contributed by atoms with Gasteiger partial charge in [0, 0.05) is 11.6 Å². The highest BCUT2D eigenvalue weighted by Crippen LogP contribution is 2.31. The Bertz CT molecular complexity index is 835. The number of carbonyl (C=O) groups is 2. The molecule has 0 saturated carbocycles. The van der Waals surface area contributed by atoms with Crippen LogP contribution < -0.4 is 4.74 Å². The first-order valence-electron chi connectivity index (χ1n) is 9.82. The minimum absolute atomic E-state index is 0.00584. The summed E-state index contributed by atoms with van der Waals surface area (Å²) in [5.41, 5.74) is -0.780. The highest BCUT2D eigenvalue weighted by molar-refractivity contribution is 7.84. The lowest BCUT2D eigenvalue weighted by atomic mass is 10.0. The maximum Gasteiger partial charge on any atom is 0.329 e. The predicted molar refractivity (Wildman–Crippen MR) is 121 cm³/mol. The van der Waals surface area contributed by atoms with E-state index in [1.54, 1.807) is 26.0 Å². The zero-order chi connectivity index (χ0) is 23.8. The summed E-state index contributed by atoms with van der Waals surface area (Å²) in [6.07, 6.45) is -0.481. The number of rotatable bonds is 11. The fourth-order valence-electron chi connectivity index (χ4n) is 3.22. The van der Waals surface area contributed by atoms with Crippen molar-refractivity contribution in [3.8, 4) is 11.8 Å². The van der Waals surface area contributed by atoms with Crippen molar-refractivity contribution in [3.63, 3.8) is 0 Å². The van der Waals surface area contributed by atoms with Gasteiger partial charge in [0.15, 0.2) is 0 Å². The molecular weight excluding hydrogens is 418 g/mol. The first-order valence-corrected chi connectivity index (χ1v) is 10.3. The summed E-state index contributed by atoms with van der Waals surface area (Å²) >= 11 is 4.29. The minimum Gasteiger partial charge on any atom is -0.496 e. The molecule has 170 valence electrons. The average molecular weight is 450 g/mol. The molecule has 0 spiro atoms. The molecule has 8 nitrogen and oxygen atoms in total. The Labute approximate surface area is 189 Å². The maximum atomic E-state index is 13.5. The number of carbonyl (C=O) groups excluding carboxylic acids is 1. The topological polar surface area (TPSA) is 103 Å². The van der Waals surface area contributed by atoms with E-state index in [0.717, 1.165) is 0 Å². The van der Waals surface area contributed by atoms with Crippen molar-refractivity contribution in [2.45, 2.75) is 51.8 Å². The van der Waals surface area contributed by atoms with Crippen molar-refractivity contribution >= 4 is 24.6 Å². The molecule has 0 fully saturated rings. The summed E-state index contributed by atoms with van der Waals surface area (Å²) in [5.74, 6) is -0.570. The molecule has 0 aliphatic rings. The number of nitrogens with zero attached hydrogens (tertiary/aromatic N) is 3. The third-order valence-corrected chi connectivity index (χ3v) is 5.00.